The van der Waals surface area contributed by atoms with Crippen molar-refractivity contribution in [2.24, 2.45) is 5.92 Å². The van der Waals surface area contributed by atoms with Crippen LogP contribution in [0.2, 0.25) is 0 Å². The van der Waals surface area contributed by atoms with Crippen LogP contribution in [0.4, 0.5) is 0 Å². The van der Waals surface area contributed by atoms with E-state index in [-0.39, 0.29) is 11.8 Å². The third-order valence-corrected chi connectivity index (χ3v) is 5.45. The van der Waals surface area contributed by atoms with E-state index < -0.39 is 12.0 Å². The highest BCUT2D eigenvalue weighted by molar-refractivity contribution is 5.83. The van der Waals surface area contributed by atoms with Gasteiger partial charge in [0.1, 0.15) is 6.04 Å². The van der Waals surface area contributed by atoms with Gasteiger partial charge in [-0.15, -0.1) is 0 Å². The monoisotopic (exact) mass is 345 g/mol. The number of carbonyl (C=O) groups excluding carboxylic acids is 1. The molecule has 25 heavy (non-hydrogen) atoms. The first-order valence-corrected chi connectivity index (χ1v) is 9.31. The van der Waals surface area contributed by atoms with E-state index in [1.54, 1.807) is 0 Å². The van der Waals surface area contributed by atoms with Crippen molar-refractivity contribution in [2.75, 3.05) is 13.2 Å². The zero-order valence-corrected chi connectivity index (χ0v) is 14.6. The van der Waals surface area contributed by atoms with Gasteiger partial charge in [0.2, 0.25) is 5.91 Å². The molecular weight excluding hydrogens is 318 g/mol. The number of ether oxygens (including phenoxy) is 1. The minimum atomic E-state index is -0.944. The summed E-state index contributed by atoms with van der Waals surface area (Å²) in [6.07, 6.45) is 5.71. The second-order valence-electron chi connectivity index (χ2n) is 7.25. The number of hydrogen-bond donors (Lipinski definition) is 2. The summed E-state index contributed by atoms with van der Waals surface area (Å²) in [6, 6.07) is 7.45. The number of aliphatic carboxylic acids is 1. The lowest BCUT2D eigenvalue weighted by molar-refractivity contribution is -0.142. The van der Waals surface area contributed by atoms with E-state index in [1.807, 2.05) is 12.1 Å². The molecule has 1 aromatic rings. The zero-order chi connectivity index (χ0) is 17.6. The van der Waals surface area contributed by atoms with Crippen LogP contribution in [0.5, 0.6) is 0 Å². The Labute approximate surface area is 148 Å². The Hall–Kier alpha value is -1.88. The maximum Gasteiger partial charge on any atom is 0.326 e. The van der Waals surface area contributed by atoms with Crippen molar-refractivity contribution in [2.45, 2.75) is 56.9 Å². The maximum absolute atomic E-state index is 12.2. The summed E-state index contributed by atoms with van der Waals surface area (Å²) < 4.78 is 5.32. The Morgan fingerprint density at radius 2 is 2.12 bits per heavy atom. The largest absolute Gasteiger partial charge is 0.480 e. The lowest BCUT2D eigenvalue weighted by atomic mass is 9.79. The maximum atomic E-state index is 12.2. The molecule has 3 rings (SSSR count). The molecule has 1 aliphatic heterocycles. The molecule has 3 unspecified atom stereocenters. The van der Waals surface area contributed by atoms with Crippen molar-refractivity contribution in [3.8, 4) is 0 Å². The summed E-state index contributed by atoms with van der Waals surface area (Å²) in [6.45, 7) is 1.49. The summed E-state index contributed by atoms with van der Waals surface area (Å²) in [4.78, 5) is 23.8. The quantitative estimate of drug-likeness (QED) is 0.797. The second-order valence-corrected chi connectivity index (χ2v) is 7.25. The minimum Gasteiger partial charge on any atom is -0.480 e. The van der Waals surface area contributed by atoms with E-state index in [4.69, 9.17) is 4.74 Å². The normalized spacial score (nSPS) is 23.7. The van der Waals surface area contributed by atoms with Gasteiger partial charge < -0.3 is 15.2 Å². The summed E-state index contributed by atoms with van der Waals surface area (Å²) in [5.41, 5.74) is 2.56. The number of aryl methyl sites for hydroxylation is 1. The number of fused-ring (bicyclic) bond motifs is 1. The average molecular weight is 345 g/mol. The van der Waals surface area contributed by atoms with Gasteiger partial charge in [-0.3, -0.25) is 4.79 Å². The van der Waals surface area contributed by atoms with Gasteiger partial charge in [0.15, 0.2) is 0 Å². The zero-order valence-electron chi connectivity index (χ0n) is 14.6. The number of hydrogen-bond acceptors (Lipinski definition) is 3. The number of amides is 1. The van der Waals surface area contributed by atoms with Crippen LogP contribution in [0.3, 0.4) is 0 Å². The molecule has 0 radical (unpaired) electrons. The van der Waals surface area contributed by atoms with Crippen molar-refractivity contribution in [3.05, 3.63) is 35.4 Å². The molecule has 1 heterocycles. The van der Waals surface area contributed by atoms with Crippen LogP contribution >= 0.6 is 0 Å². The molecule has 0 saturated carbocycles. The van der Waals surface area contributed by atoms with Crippen molar-refractivity contribution >= 4 is 11.9 Å². The van der Waals surface area contributed by atoms with Crippen molar-refractivity contribution in [1.29, 1.82) is 0 Å². The Bertz CT molecular complexity index is 609. The number of carboxylic acids is 1. The van der Waals surface area contributed by atoms with Crippen LogP contribution in [0.1, 0.15) is 55.6 Å². The lowest BCUT2D eigenvalue weighted by Crippen LogP contribution is -2.42. The summed E-state index contributed by atoms with van der Waals surface area (Å²) in [5, 5.41) is 12.3. The van der Waals surface area contributed by atoms with Crippen LogP contribution in [0, 0.1) is 5.92 Å². The Morgan fingerprint density at radius 3 is 2.88 bits per heavy atom. The molecule has 1 saturated heterocycles. The molecule has 0 bridgehead atoms. The molecule has 0 aromatic heterocycles. The highest BCUT2D eigenvalue weighted by Crippen LogP contribution is 2.34. The van der Waals surface area contributed by atoms with Crippen LogP contribution in [0.15, 0.2) is 24.3 Å². The first-order valence-electron chi connectivity index (χ1n) is 9.31. The third kappa shape index (κ3) is 4.82. The third-order valence-electron chi connectivity index (χ3n) is 5.45. The van der Waals surface area contributed by atoms with Gasteiger partial charge in [-0.25, -0.2) is 4.79 Å². The fraction of sp³-hybridized carbons (Fsp3) is 0.600. The van der Waals surface area contributed by atoms with Gasteiger partial charge in [-0.2, -0.15) is 0 Å². The molecule has 1 aliphatic carbocycles. The van der Waals surface area contributed by atoms with Gasteiger partial charge >= 0.3 is 5.97 Å². The fourth-order valence-corrected chi connectivity index (χ4v) is 4.02. The molecule has 3 atom stereocenters. The Morgan fingerprint density at radius 1 is 1.28 bits per heavy atom. The number of rotatable bonds is 7. The molecular formula is C20H27NO4. The summed E-state index contributed by atoms with van der Waals surface area (Å²) in [5.74, 6) is -0.474. The predicted octanol–water partition coefficient (Wildman–Crippen LogP) is 2.88. The average Bonchev–Trinajstić information content (AvgIpc) is 3.13. The first-order chi connectivity index (χ1) is 12.1. The molecule has 1 aromatic carbocycles. The topological polar surface area (TPSA) is 75.6 Å². The first kappa shape index (κ1) is 17.9. The molecule has 2 N–H and O–H groups in total. The predicted molar refractivity (Wildman–Crippen MR) is 94.5 cm³/mol. The molecule has 5 nitrogen and oxygen atoms in total. The van der Waals surface area contributed by atoms with Gasteiger partial charge in [-0.1, -0.05) is 24.3 Å². The van der Waals surface area contributed by atoms with E-state index in [9.17, 15) is 14.7 Å². The van der Waals surface area contributed by atoms with E-state index >= 15 is 0 Å². The summed E-state index contributed by atoms with van der Waals surface area (Å²) in [7, 11) is 0. The van der Waals surface area contributed by atoms with Gasteiger partial charge in [-0.05, 0) is 61.5 Å². The van der Waals surface area contributed by atoms with Crippen LogP contribution in [0.25, 0.3) is 0 Å². The van der Waals surface area contributed by atoms with Gasteiger partial charge in [0, 0.05) is 19.6 Å². The number of carboxylic acid groups (broad SMARTS) is 1. The summed E-state index contributed by atoms with van der Waals surface area (Å²) >= 11 is 0. The smallest absolute Gasteiger partial charge is 0.326 e. The highest BCUT2D eigenvalue weighted by atomic mass is 16.5. The van der Waals surface area contributed by atoms with E-state index in [2.05, 4.69) is 17.4 Å². The molecule has 136 valence electrons. The molecule has 1 amide bonds. The minimum absolute atomic E-state index is 0.164. The lowest BCUT2D eigenvalue weighted by Gasteiger charge is -2.28. The number of benzene rings is 1. The number of carbonyl (C=O) groups is 2. The van der Waals surface area contributed by atoms with Gasteiger partial charge in [0.25, 0.3) is 0 Å². The molecule has 5 heteroatoms. The Balaban J connectivity index is 1.56. The van der Waals surface area contributed by atoms with Crippen LogP contribution < -0.4 is 5.32 Å². The fourth-order valence-electron chi connectivity index (χ4n) is 4.02. The van der Waals surface area contributed by atoms with E-state index in [0.29, 0.717) is 25.4 Å². The van der Waals surface area contributed by atoms with Crippen molar-refractivity contribution in [3.63, 3.8) is 0 Å². The van der Waals surface area contributed by atoms with Crippen LogP contribution in [-0.2, 0) is 20.7 Å². The van der Waals surface area contributed by atoms with Gasteiger partial charge in [0.05, 0.1) is 0 Å². The van der Waals surface area contributed by atoms with Crippen molar-refractivity contribution in [1.82, 2.24) is 5.32 Å². The highest BCUT2D eigenvalue weighted by Gasteiger charge is 2.28. The molecule has 0 spiro atoms. The molecule has 2 aliphatic rings. The van der Waals surface area contributed by atoms with Crippen LogP contribution in [-0.4, -0.2) is 36.2 Å². The van der Waals surface area contributed by atoms with Crippen molar-refractivity contribution < 1.29 is 19.4 Å². The number of nitrogens with one attached hydrogen (secondary N) is 1. The van der Waals surface area contributed by atoms with E-state index in [1.165, 1.54) is 11.1 Å². The standard InChI is InChI=1S/C20H27NO4/c22-19(9-8-14-10-11-25-13-14)21-18(20(23)24)12-16-6-3-5-15-4-1-2-7-17(15)16/h1-2,4,7,14,16,18H,3,5-6,8-13H2,(H,21,22)(H,23,24). The molecule has 1 fully saturated rings. The SMILES string of the molecule is O=C(CCC1CCOC1)NC(CC1CCCc2ccccc21)C(=O)O. The van der Waals surface area contributed by atoms with E-state index in [0.717, 1.165) is 38.7 Å². The second kappa shape index (κ2) is 8.48. The Kier molecular flexibility index (Phi) is 6.08.